The fraction of sp³-hybridized carbons (Fsp3) is 0.158. The van der Waals surface area contributed by atoms with Gasteiger partial charge < -0.3 is 14.6 Å². The first-order chi connectivity index (χ1) is 13.6. The van der Waals surface area contributed by atoms with Gasteiger partial charge in [0, 0.05) is 18.0 Å². The number of aromatic amines is 1. The molecule has 1 N–H and O–H groups in total. The van der Waals surface area contributed by atoms with Gasteiger partial charge in [-0.25, -0.2) is 9.97 Å². The first-order valence-corrected chi connectivity index (χ1v) is 10.2. The predicted molar refractivity (Wildman–Crippen MR) is 109 cm³/mol. The number of H-pyrrole nitrogens is 1. The fourth-order valence-corrected chi connectivity index (χ4v) is 3.94. The lowest BCUT2D eigenvalue weighted by Gasteiger charge is -2.17. The van der Waals surface area contributed by atoms with E-state index < -0.39 is 0 Å². The molecular weight excluding hydrogens is 396 g/mol. The molecule has 4 rings (SSSR count). The maximum atomic E-state index is 12.7. The van der Waals surface area contributed by atoms with Crippen LogP contribution in [0.4, 0.5) is 0 Å². The Hall–Kier alpha value is -3.04. The quantitative estimate of drug-likeness (QED) is 0.525. The fourth-order valence-electron chi connectivity index (χ4n) is 2.67. The SMILES string of the molecule is CN(Cc1nc2ccsc2c(=O)[nH]1)C(=O)c1ccc(OCc2cscn2)cc1. The number of rotatable bonds is 6. The second kappa shape index (κ2) is 7.91. The van der Waals surface area contributed by atoms with Gasteiger partial charge in [0.1, 0.15) is 22.9 Å². The van der Waals surface area contributed by atoms with Crippen molar-refractivity contribution in [1.29, 1.82) is 0 Å². The van der Waals surface area contributed by atoms with Crippen LogP contribution < -0.4 is 10.3 Å². The van der Waals surface area contributed by atoms with E-state index in [2.05, 4.69) is 15.0 Å². The Bertz CT molecular complexity index is 1150. The van der Waals surface area contributed by atoms with Gasteiger partial charge in [-0.1, -0.05) is 0 Å². The molecule has 9 heteroatoms. The molecule has 1 amide bonds. The van der Waals surface area contributed by atoms with Crippen molar-refractivity contribution in [3.63, 3.8) is 0 Å². The summed E-state index contributed by atoms with van der Waals surface area (Å²) in [4.78, 5) is 37.6. The minimum Gasteiger partial charge on any atom is -0.487 e. The lowest BCUT2D eigenvalue weighted by atomic mass is 10.2. The third-order valence-electron chi connectivity index (χ3n) is 4.07. The molecule has 0 atom stereocenters. The minimum absolute atomic E-state index is 0.167. The van der Waals surface area contributed by atoms with E-state index in [1.54, 1.807) is 42.9 Å². The zero-order valence-electron chi connectivity index (χ0n) is 14.9. The number of amides is 1. The maximum absolute atomic E-state index is 12.7. The van der Waals surface area contributed by atoms with Crippen LogP contribution in [0.2, 0.25) is 0 Å². The summed E-state index contributed by atoms with van der Waals surface area (Å²) in [5.74, 6) is 0.954. The zero-order chi connectivity index (χ0) is 19.5. The highest BCUT2D eigenvalue weighted by molar-refractivity contribution is 7.17. The first-order valence-electron chi connectivity index (χ1n) is 8.42. The van der Waals surface area contributed by atoms with Crippen LogP contribution in [-0.2, 0) is 13.2 Å². The van der Waals surface area contributed by atoms with Crippen LogP contribution >= 0.6 is 22.7 Å². The van der Waals surface area contributed by atoms with Gasteiger partial charge in [-0.3, -0.25) is 9.59 Å². The molecule has 0 unspecified atom stereocenters. The highest BCUT2D eigenvalue weighted by atomic mass is 32.1. The normalized spacial score (nSPS) is 10.9. The van der Waals surface area contributed by atoms with Crippen molar-refractivity contribution in [3.05, 3.63) is 74.0 Å². The van der Waals surface area contributed by atoms with Crippen LogP contribution in [0.5, 0.6) is 5.75 Å². The summed E-state index contributed by atoms with van der Waals surface area (Å²) in [5.41, 5.74) is 3.62. The Morgan fingerprint density at radius 2 is 2.07 bits per heavy atom. The van der Waals surface area contributed by atoms with Crippen LogP contribution in [-0.4, -0.2) is 32.8 Å². The third-order valence-corrected chi connectivity index (χ3v) is 5.61. The number of thiophene rings is 1. The van der Waals surface area contributed by atoms with E-state index in [-0.39, 0.29) is 18.0 Å². The van der Waals surface area contributed by atoms with Crippen LogP contribution in [0, 0.1) is 0 Å². The summed E-state index contributed by atoms with van der Waals surface area (Å²) in [7, 11) is 1.67. The molecule has 0 bridgehead atoms. The molecule has 0 saturated heterocycles. The van der Waals surface area contributed by atoms with E-state index in [0.29, 0.717) is 34.0 Å². The first kappa shape index (κ1) is 18.3. The van der Waals surface area contributed by atoms with Crippen molar-refractivity contribution in [1.82, 2.24) is 19.9 Å². The van der Waals surface area contributed by atoms with Crippen molar-refractivity contribution in [3.8, 4) is 5.75 Å². The number of ether oxygens (including phenoxy) is 1. The number of carbonyl (C=O) groups is 1. The molecule has 0 saturated carbocycles. The number of nitrogens with one attached hydrogen (secondary N) is 1. The van der Waals surface area contributed by atoms with E-state index in [1.807, 2.05) is 10.8 Å². The van der Waals surface area contributed by atoms with Crippen LogP contribution in [0.25, 0.3) is 10.2 Å². The average Bonchev–Trinajstić information content (AvgIpc) is 3.38. The molecule has 0 aliphatic carbocycles. The van der Waals surface area contributed by atoms with Crippen molar-refractivity contribution in [2.75, 3.05) is 7.05 Å². The van der Waals surface area contributed by atoms with Gasteiger partial charge in [-0.15, -0.1) is 22.7 Å². The van der Waals surface area contributed by atoms with Gasteiger partial charge in [0.15, 0.2) is 0 Å². The highest BCUT2D eigenvalue weighted by Crippen LogP contribution is 2.17. The van der Waals surface area contributed by atoms with Gasteiger partial charge in [0.2, 0.25) is 0 Å². The third kappa shape index (κ3) is 3.95. The molecule has 1 aromatic carbocycles. The molecule has 4 aromatic rings. The largest absolute Gasteiger partial charge is 0.487 e. The Labute approximate surface area is 168 Å². The summed E-state index contributed by atoms with van der Waals surface area (Å²) in [6.07, 6.45) is 0. The smallest absolute Gasteiger partial charge is 0.268 e. The topological polar surface area (TPSA) is 88.2 Å². The monoisotopic (exact) mass is 412 g/mol. The molecule has 142 valence electrons. The number of fused-ring (bicyclic) bond motifs is 1. The number of carbonyl (C=O) groups excluding carboxylic acids is 1. The summed E-state index contributed by atoms with van der Waals surface area (Å²) >= 11 is 2.87. The Balaban J connectivity index is 1.41. The summed E-state index contributed by atoms with van der Waals surface area (Å²) in [6.45, 7) is 0.600. The molecule has 0 fully saturated rings. The number of benzene rings is 1. The zero-order valence-corrected chi connectivity index (χ0v) is 16.5. The van der Waals surface area contributed by atoms with Crippen LogP contribution in [0.1, 0.15) is 21.9 Å². The van der Waals surface area contributed by atoms with Crippen molar-refractivity contribution in [2.45, 2.75) is 13.2 Å². The van der Waals surface area contributed by atoms with E-state index in [1.165, 1.54) is 27.6 Å². The molecular formula is C19H16N4O3S2. The van der Waals surface area contributed by atoms with E-state index in [4.69, 9.17) is 4.74 Å². The summed E-state index contributed by atoms with van der Waals surface area (Å²) < 4.78 is 6.25. The van der Waals surface area contributed by atoms with E-state index in [0.717, 1.165) is 5.69 Å². The summed E-state index contributed by atoms with van der Waals surface area (Å²) in [5, 5.41) is 3.75. The minimum atomic E-state index is -0.183. The second-order valence-electron chi connectivity index (χ2n) is 6.10. The molecule has 3 aromatic heterocycles. The van der Waals surface area contributed by atoms with Crippen LogP contribution in [0.15, 0.2) is 51.4 Å². The average molecular weight is 412 g/mol. The van der Waals surface area contributed by atoms with Crippen molar-refractivity contribution < 1.29 is 9.53 Å². The Morgan fingerprint density at radius 3 is 2.82 bits per heavy atom. The highest BCUT2D eigenvalue weighted by Gasteiger charge is 2.14. The Kier molecular flexibility index (Phi) is 5.18. The van der Waals surface area contributed by atoms with Crippen LogP contribution in [0.3, 0.4) is 0 Å². The number of hydrogen-bond donors (Lipinski definition) is 1. The molecule has 0 aliphatic rings. The molecule has 0 spiro atoms. The van der Waals surface area contributed by atoms with Gasteiger partial charge in [0.05, 0.1) is 23.3 Å². The van der Waals surface area contributed by atoms with Gasteiger partial charge >= 0.3 is 0 Å². The number of nitrogens with zero attached hydrogens (tertiary/aromatic N) is 3. The molecule has 28 heavy (non-hydrogen) atoms. The molecule has 3 heterocycles. The summed E-state index contributed by atoms with van der Waals surface area (Å²) in [6, 6.07) is 8.74. The van der Waals surface area contributed by atoms with Crippen molar-refractivity contribution in [2.24, 2.45) is 0 Å². The Morgan fingerprint density at radius 1 is 1.25 bits per heavy atom. The van der Waals surface area contributed by atoms with Gasteiger partial charge in [0.25, 0.3) is 11.5 Å². The molecule has 7 nitrogen and oxygen atoms in total. The lowest BCUT2D eigenvalue weighted by Crippen LogP contribution is -2.28. The molecule has 0 aliphatic heterocycles. The molecule has 0 radical (unpaired) electrons. The predicted octanol–water partition coefficient (Wildman–Crippen LogP) is 3.29. The lowest BCUT2D eigenvalue weighted by molar-refractivity contribution is 0.0781. The standard InChI is InChI=1S/C19H16N4O3S2/c1-23(8-16-21-15-6-7-28-17(15)18(24)22-16)19(25)12-2-4-14(5-3-12)26-9-13-10-27-11-20-13/h2-7,10-11H,8-9H2,1H3,(H,21,22,24). The van der Waals surface area contributed by atoms with E-state index >= 15 is 0 Å². The number of hydrogen-bond acceptors (Lipinski definition) is 7. The number of thiazole rings is 1. The number of aromatic nitrogens is 3. The van der Waals surface area contributed by atoms with E-state index in [9.17, 15) is 9.59 Å². The maximum Gasteiger partial charge on any atom is 0.268 e. The van der Waals surface area contributed by atoms with Gasteiger partial charge in [-0.2, -0.15) is 0 Å². The van der Waals surface area contributed by atoms with Gasteiger partial charge in [-0.05, 0) is 35.7 Å². The second-order valence-corrected chi connectivity index (χ2v) is 7.74. The van der Waals surface area contributed by atoms with Crippen molar-refractivity contribution >= 4 is 38.8 Å².